The van der Waals surface area contributed by atoms with Crippen LogP contribution in [-0.4, -0.2) is 53.8 Å². The highest BCUT2D eigenvalue weighted by atomic mass is 35.5. The molecular weight excluding hydrogens is 411 g/mol. The summed E-state index contributed by atoms with van der Waals surface area (Å²) in [5.41, 5.74) is -2.06. The van der Waals surface area contributed by atoms with Gasteiger partial charge in [0.15, 0.2) is 0 Å². The average Bonchev–Trinajstić information content (AvgIpc) is 2.70. The lowest BCUT2D eigenvalue weighted by atomic mass is 9.79. The second-order valence-electron chi connectivity index (χ2n) is 7.67. The molecule has 162 valence electrons. The van der Waals surface area contributed by atoms with E-state index in [1.165, 1.54) is 0 Å². The summed E-state index contributed by atoms with van der Waals surface area (Å²) < 4.78 is 45.1. The van der Waals surface area contributed by atoms with E-state index in [0.29, 0.717) is 36.6 Å². The number of hydrogen-bond donors (Lipinski definition) is 1. The Bertz CT molecular complexity index is 785. The molecule has 0 radical (unpaired) electrons. The number of hydrogen-bond acceptors (Lipinski definition) is 4. The van der Waals surface area contributed by atoms with Crippen LogP contribution in [0.1, 0.15) is 37.7 Å². The molecule has 1 amide bonds. The van der Waals surface area contributed by atoms with E-state index in [1.54, 1.807) is 0 Å². The molecule has 3 rings (SSSR count). The van der Waals surface area contributed by atoms with E-state index in [4.69, 9.17) is 16.3 Å². The maximum atomic E-state index is 13.0. The monoisotopic (exact) mass is 435 g/mol. The fraction of sp³-hybridized carbons (Fsp3) is 0.684. The first kappa shape index (κ1) is 22.1. The predicted octanol–water partition coefficient (Wildman–Crippen LogP) is 2.67. The van der Waals surface area contributed by atoms with Crippen molar-refractivity contribution < 1.29 is 22.7 Å². The molecule has 0 unspecified atom stereocenters. The number of carbonyl (C=O) groups excluding carboxylic acids is 1. The number of alkyl halides is 3. The van der Waals surface area contributed by atoms with Crippen LogP contribution in [0.3, 0.4) is 0 Å². The highest BCUT2D eigenvalue weighted by Gasteiger charge is 2.39. The topological polar surface area (TPSA) is 63.6 Å². The molecule has 29 heavy (non-hydrogen) atoms. The predicted molar refractivity (Wildman–Crippen MR) is 102 cm³/mol. The second kappa shape index (κ2) is 9.06. The minimum absolute atomic E-state index is 0.173. The molecule has 10 heteroatoms. The van der Waals surface area contributed by atoms with Gasteiger partial charge >= 0.3 is 6.18 Å². The van der Waals surface area contributed by atoms with E-state index >= 15 is 0 Å². The van der Waals surface area contributed by atoms with Gasteiger partial charge in [0.25, 0.3) is 5.56 Å². The maximum Gasteiger partial charge on any atom is 0.417 e. The van der Waals surface area contributed by atoms with Gasteiger partial charge in [-0.3, -0.25) is 14.5 Å². The summed E-state index contributed by atoms with van der Waals surface area (Å²) in [4.78, 5) is 26.9. The summed E-state index contributed by atoms with van der Waals surface area (Å²) in [6.07, 6.45) is 1.15. The van der Waals surface area contributed by atoms with Gasteiger partial charge in [-0.05, 0) is 18.9 Å². The van der Waals surface area contributed by atoms with Gasteiger partial charge in [0.2, 0.25) is 5.91 Å². The Morgan fingerprint density at radius 3 is 2.48 bits per heavy atom. The van der Waals surface area contributed by atoms with Crippen LogP contribution in [0.2, 0.25) is 5.02 Å². The highest BCUT2D eigenvalue weighted by Crippen LogP contribution is 2.34. The fourth-order valence-electron chi connectivity index (χ4n) is 4.20. The van der Waals surface area contributed by atoms with Gasteiger partial charge in [0.1, 0.15) is 11.6 Å². The van der Waals surface area contributed by atoms with Crippen molar-refractivity contribution in [1.29, 1.82) is 0 Å². The number of morpholine rings is 1. The number of pyridine rings is 1. The molecule has 1 saturated heterocycles. The first-order valence-corrected chi connectivity index (χ1v) is 10.2. The number of amides is 1. The Morgan fingerprint density at radius 2 is 1.86 bits per heavy atom. The van der Waals surface area contributed by atoms with E-state index in [9.17, 15) is 22.8 Å². The van der Waals surface area contributed by atoms with Gasteiger partial charge in [-0.15, -0.1) is 0 Å². The molecule has 1 aliphatic carbocycles. The van der Waals surface area contributed by atoms with Gasteiger partial charge in [-0.1, -0.05) is 30.9 Å². The lowest BCUT2D eigenvalue weighted by molar-refractivity contribution is -0.138. The summed E-state index contributed by atoms with van der Waals surface area (Å²) in [5, 5.41) is 2.27. The Morgan fingerprint density at radius 1 is 1.21 bits per heavy atom. The minimum atomic E-state index is -4.65. The number of nitrogens with zero attached hydrogens (tertiary/aromatic N) is 2. The molecule has 1 aliphatic heterocycles. The lowest BCUT2D eigenvalue weighted by Crippen LogP contribution is -2.59. The number of nitrogens with one attached hydrogen (secondary N) is 1. The number of ether oxygens (including phenoxy) is 1. The Hall–Kier alpha value is -1.58. The van der Waals surface area contributed by atoms with Crippen molar-refractivity contribution in [3.8, 4) is 0 Å². The molecule has 1 aromatic rings. The molecule has 1 N–H and O–H groups in total. The van der Waals surface area contributed by atoms with E-state index in [2.05, 4.69) is 10.2 Å². The molecule has 2 heterocycles. The van der Waals surface area contributed by atoms with Crippen LogP contribution >= 0.6 is 11.6 Å². The average molecular weight is 436 g/mol. The maximum absolute atomic E-state index is 13.0. The molecule has 1 saturated carbocycles. The standard InChI is InChI=1S/C19H25ClF3N3O3/c20-15-10-14(19(21,22)23)11-25(17(15)28)12-16(27)24-13-18(4-2-1-3-5-18)26-6-8-29-9-7-26/h10-11H,1-9,12-13H2,(H,24,27). The van der Waals surface area contributed by atoms with Crippen molar-refractivity contribution in [3.63, 3.8) is 0 Å². The first-order valence-electron chi connectivity index (χ1n) is 9.78. The van der Waals surface area contributed by atoms with Crippen LogP contribution in [0.15, 0.2) is 17.1 Å². The Balaban J connectivity index is 1.70. The number of rotatable bonds is 5. The Kier molecular flexibility index (Phi) is 6.90. The van der Waals surface area contributed by atoms with E-state index < -0.39 is 34.8 Å². The van der Waals surface area contributed by atoms with Crippen molar-refractivity contribution in [3.05, 3.63) is 33.2 Å². The largest absolute Gasteiger partial charge is 0.417 e. The third-order valence-electron chi connectivity index (χ3n) is 5.76. The number of carbonyl (C=O) groups is 1. The van der Waals surface area contributed by atoms with Crippen LogP contribution in [0.4, 0.5) is 13.2 Å². The molecule has 1 aromatic heterocycles. The smallest absolute Gasteiger partial charge is 0.379 e. The summed E-state index contributed by atoms with van der Waals surface area (Å²) >= 11 is 5.65. The highest BCUT2D eigenvalue weighted by molar-refractivity contribution is 6.30. The van der Waals surface area contributed by atoms with Gasteiger partial charge < -0.3 is 14.6 Å². The lowest BCUT2D eigenvalue weighted by Gasteiger charge is -2.48. The van der Waals surface area contributed by atoms with Gasteiger partial charge in [-0.25, -0.2) is 0 Å². The normalized spacial score (nSPS) is 20.4. The Labute approximate surface area is 172 Å². The fourth-order valence-corrected chi connectivity index (χ4v) is 4.42. The van der Waals surface area contributed by atoms with Crippen LogP contribution in [0.5, 0.6) is 0 Å². The zero-order chi connectivity index (χ0) is 21.1. The molecular formula is C19H25ClF3N3O3. The SMILES string of the molecule is O=C(Cn1cc(C(F)(F)F)cc(Cl)c1=O)NCC1(N2CCOCC2)CCCCC1. The summed E-state index contributed by atoms with van der Waals surface area (Å²) in [6.45, 7) is 2.76. The number of aromatic nitrogens is 1. The zero-order valence-electron chi connectivity index (χ0n) is 16.1. The minimum Gasteiger partial charge on any atom is -0.379 e. The molecule has 0 atom stereocenters. The summed E-state index contributed by atoms with van der Waals surface area (Å²) in [5.74, 6) is -0.513. The van der Waals surface area contributed by atoms with Gasteiger partial charge in [0.05, 0.1) is 18.8 Å². The van der Waals surface area contributed by atoms with Crippen LogP contribution < -0.4 is 10.9 Å². The summed E-state index contributed by atoms with van der Waals surface area (Å²) in [6, 6.07) is 0.577. The zero-order valence-corrected chi connectivity index (χ0v) is 16.8. The molecule has 0 bridgehead atoms. The van der Waals surface area contributed by atoms with Crippen LogP contribution in [-0.2, 0) is 22.3 Å². The molecule has 0 aromatic carbocycles. The van der Waals surface area contributed by atoms with Gasteiger partial charge in [-0.2, -0.15) is 13.2 Å². The summed E-state index contributed by atoms with van der Waals surface area (Å²) in [7, 11) is 0. The van der Waals surface area contributed by atoms with Crippen LogP contribution in [0, 0.1) is 0 Å². The van der Waals surface area contributed by atoms with Gasteiger partial charge in [0, 0.05) is 31.4 Å². The van der Waals surface area contributed by atoms with Crippen molar-refractivity contribution in [2.24, 2.45) is 0 Å². The van der Waals surface area contributed by atoms with E-state index in [0.717, 1.165) is 45.2 Å². The number of halogens is 4. The first-order chi connectivity index (χ1) is 13.7. The van der Waals surface area contributed by atoms with Crippen molar-refractivity contribution >= 4 is 17.5 Å². The molecule has 0 spiro atoms. The van der Waals surface area contributed by atoms with Crippen molar-refractivity contribution in [2.45, 2.75) is 50.4 Å². The third kappa shape index (κ3) is 5.32. The van der Waals surface area contributed by atoms with Crippen molar-refractivity contribution in [2.75, 3.05) is 32.8 Å². The molecule has 2 aliphatic rings. The second-order valence-corrected chi connectivity index (χ2v) is 8.08. The molecule has 2 fully saturated rings. The quantitative estimate of drug-likeness (QED) is 0.772. The van der Waals surface area contributed by atoms with Crippen molar-refractivity contribution in [1.82, 2.24) is 14.8 Å². The third-order valence-corrected chi connectivity index (χ3v) is 6.04. The van der Waals surface area contributed by atoms with E-state index in [-0.39, 0.29) is 5.54 Å². The molecule has 6 nitrogen and oxygen atoms in total. The van der Waals surface area contributed by atoms with Crippen LogP contribution in [0.25, 0.3) is 0 Å². The van der Waals surface area contributed by atoms with E-state index in [1.807, 2.05) is 0 Å².